The van der Waals surface area contributed by atoms with Crippen LogP contribution in [0.1, 0.15) is 25.1 Å². The summed E-state index contributed by atoms with van der Waals surface area (Å²) >= 11 is 0. The Morgan fingerprint density at radius 1 is 1.14 bits per heavy atom. The van der Waals surface area contributed by atoms with Gasteiger partial charge in [0.1, 0.15) is 0 Å². The summed E-state index contributed by atoms with van der Waals surface area (Å²) in [7, 11) is -3.41. The van der Waals surface area contributed by atoms with Crippen LogP contribution in [-0.2, 0) is 35.3 Å². The number of methoxy groups -OCH3 is 1. The average molecular weight is 629 g/mol. The van der Waals surface area contributed by atoms with Crippen molar-refractivity contribution in [2.45, 2.75) is 37.9 Å². The number of hydrazine groups is 1. The largest absolute Gasteiger partial charge is 0.569 e. The molecule has 18 heteroatoms. The predicted molar refractivity (Wildman–Crippen MR) is 141 cm³/mol. The molecule has 0 aliphatic carbocycles. The van der Waals surface area contributed by atoms with Crippen LogP contribution in [0.4, 0.5) is 18.0 Å². The van der Waals surface area contributed by atoms with Crippen LogP contribution >= 0.6 is 0 Å². The van der Waals surface area contributed by atoms with E-state index in [1.807, 2.05) is 11.6 Å². The lowest BCUT2D eigenvalue weighted by atomic mass is 10.1. The summed E-state index contributed by atoms with van der Waals surface area (Å²) in [6.45, 7) is 3.31. The molecular formula is C25H27F3N6O8S. The first-order valence-corrected chi connectivity index (χ1v) is 13.8. The Morgan fingerprint density at radius 2 is 1.77 bits per heavy atom. The molecule has 0 aliphatic rings. The van der Waals surface area contributed by atoms with Crippen LogP contribution in [0.15, 0.2) is 64.8 Å². The highest BCUT2D eigenvalue weighted by Gasteiger charge is 2.35. The predicted octanol–water partition coefficient (Wildman–Crippen LogP) is 3.93. The van der Waals surface area contributed by atoms with Gasteiger partial charge in [0.15, 0.2) is 12.2 Å². The van der Waals surface area contributed by atoms with Crippen molar-refractivity contribution in [3.05, 3.63) is 71.1 Å². The Morgan fingerprint density at radius 3 is 2.33 bits per heavy atom. The molecule has 3 rings (SSSR count). The molecule has 0 saturated heterocycles. The van der Waals surface area contributed by atoms with Gasteiger partial charge < -0.3 is 19.5 Å². The number of aromatic nitrogens is 2. The third-order valence-electron chi connectivity index (χ3n) is 5.63. The number of nitrogens with zero attached hydrogens (tertiary/aromatic N) is 5. The van der Waals surface area contributed by atoms with Crippen molar-refractivity contribution in [2.24, 2.45) is 5.28 Å². The fourth-order valence-electron chi connectivity index (χ4n) is 3.49. The Kier molecular flexibility index (Phi) is 10.2. The van der Waals surface area contributed by atoms with Crippen LogP contribution < -0.4 is 4.72 Å². The minimum atomic E-state index is -4.72. The lowest BCUT2D eigenvalue weighted by Crippen LogP contribution is -2.45. The van der Waals surface area contributed by atoms with E-state index in [0.29, 0.717) is 5.56 Å². The van der Waals surface area contributed by atoms with E-state index in [4.69, 9.17) is 0 Å². The second-order valence-corrected chi connectivity index (χ2v) is 10.8. The molecule has 0 aliphatic heterocycles. The molecule has 2 aromatic carbocycles. The quantitative estimate of drug-likeness (QED) is 0.0820. The normalized spacial score (nSPS) is 12.1. The van der Waals surface area contributed by atoms with Gasteiger partial charge in [0.25, 0.3) is 22.7 Å². The maximum Gasteiger partial charge on any atom is 0.510 e. The zero-order valence-corrected chi connectivity index (χ0v) is 24.0. The summed E-state index contributed by atoms with van der Waals surface area (Å²) in [6.07, 6.45) is -5.81. The third kappa shape index (κ3) is 8.57. The zero-order chi connectivity index (χ0) is 31.9. The highest BCUT2D eigenvalue weighted by molar-refractivity contribution is 7.90. The second kappa shape index (κ2) is 13.4. The standard InChI is InChI=1S/C25H27F3N6O8S/c1-16(2)32(34(37)31-42-15-41-24(36)40-4)14-23(35)30-43(38,39)20-11-9-19(10-12-20)33-21(13-22(29-33)25(26,27)28)18-7-5-17(3)6-8-18/h5-13,16H,14-15H2,1-4H3,(H,30,35)/b34-31-. The number of carbonyl (C=O) groups is 2. The molecule has 0 radical (unpaired) electrons. The first-order chi connectivity index (χ1) is 20.1. The SMILES string of the molecule is COC(=O)OCO/N=[N+](\[O-])N(CC(=O)NS(=O)(=O)c1ccc(-n2nc(C(F)(F)F)cc2-c2ccc(C)cc2)cc1)C(C)C. The van der Waals surface area contributed by atoms with Crippen LogP contribution in [0.5, 0.6) is 0 Å². The number of hydrogen-bond donors (Lipinski definition) is 1. The van der Waals surface area contributed by atoms with Crippen LogP contribution in [0.2, 0.25) is 0 Å². The van der Waals surface area contributed by atoms with Crippen molar-refractivity contribution in [1.82, 2.24) is 19.5 Å². The number of alkyl halides is 3. The number of ether oxygens (including phenoxy) is 2. The monoisotopic (exact) mass is 628 g/mol. The van der Waals surface area contributed by atoms with E-state index in [0.717, 1.165) is 40.6 Å². The molecule has 0 spiro atoms. The number of rotatable bonds is 11. The Labute approximate surface area is 243 Å². The number of benzene rings is 2. The maximum absolute atomic E-state index is 13.5. The molecule has 1 heterocycles. The molecule has 0 saturated carbocycles. The Bertz CT molecular complexity index is 1570. The Hall–Kier alpha value is -4.87. The summed E-state index contributed by atoms with van der Waals surface area (Å²) in [6, 6.07) is 11.6. The molecule has 1 amide bonds. The molecule has 1 N–H and O–H groups in total. The number of hydrogen-bond acceptors (Lipinski definition) is 10. The van der Waals surface area contributed by atoms with E-state index in [9.17, 15) is 36.4 Å². The van der Waals surface area contributed by atoms with E-state index < -0.39 is 53.3 Å². The third-order valence-corrected chi connectivity index (χ3v) is 7.02. The van der Waals surface area contributed by atoms with Crippen LogP contribution in [-0.4, -0.2) is 66.7 Å². The topological polar surface area (TPSA) is 167 Å². The molecule has 1 aromatic heterocycles. The van der Waals surface area contributed by atoms with Crippen molar-refractivity contribution in [3.63, 3.8) is 0 Å². The molecule has 0 bridgehead atoms. The first-order valence-electron chi connectivity index (χ1n) is 12.3. The summed E-state index contributed by atoms with van der Waals surface area (Å²) in [5, 5.41) is 19.8. The minimum Gasteiger partial charge on any atom is -0.569 e. The van der Waals surface area contributed by atoms with Crippen molar-refractivity contribution in [1.29, 1.82) is 0 Å². The van der Waals surface area contributed by atoms with Gasteiger partial charge in [-0.3, -0.25) is 4.79 Å². The summed E-state index contributed by atoms with van der Waals surface area (Å²) in [4.78, 5) is 27.4. The smallest absolute Gasteiger partial charge is 0.510 e. The van der Waals surface area contributed by atoms with Crippen LogP contribution in [0, 0.1) is 12.1 Å². The molecule has 0 unspecified atom stereocenters. The lowest BCUT2D eigenvalue weighted by molar-refractivity contribution is -0.715. The molecular weight excluding hydrogens is 601 g/mol. The number of halogens is 3. The number of nitrogens with one attached hydrogen (secondary N) is 1. The Balaban J connectivity index is 1.78. The van der Waals surface area contributed by atoms with Gasteiger partial charge in [-0.1, -0.05) is 29.8 Å². The number of aryl methyl sites for hydroxylation is 1. The van der Waals surface area contributed by atoms with Crippen LogP contribution in [0.3, 0.4) is 0 Å². The number of carbonyl (C=O) groups excluding carboxylic acids is 2. The van der Waals surface area contributed by atoms with Gasteiger partial charge in [-0.2, -0.15) is 18.3 Å². The van der Waals surface area contributed by atoms with Gasteiger partial charge >= 0.3 is 12.3 Å². The van der Waals surface area contributed by atoms with Crippen molar-refractivity contribution < 1.29 is 50.5 Å². The second-order valence-electron chi connectivity index (χ2n) is 9.08. The fraction of sp³-hybridized carbons (Fsp3) is 0.320. The van der Waals surface area contributed by atoms with Crippen LogP contribution in [0.25, 0.3) is 16.9 Å². The summed E-state index contributed by atoms with van der Waals surface area (Å²) in [5.74, 6) is -1.11. The number of amides is 1. The van der Waals surface area contributed by atoms with E-state index in [2.05, 4.69) is 24.7 Å². The van der Waals surface area contributed by atoms with Crippen molar-refractivity contribution in [2.75, 3.05) is 20.4 Å². The van der Waals surface area contributed by atoms with Gasteiger partial charge in [-0.15, -0.1) is 5.01 Å². The molecule has 232 valence electrons. The maximum atomic E-state index is 13.5. The molecule has 0 fully saturated rings. The molecule has 3 aromatic rings. The summed E-state index contributed by atoms with van der Waals surface area (Å²) < 4.78 is 77.6. The first kappa shape index (κ1) is 32.6. The average Bonchev–Trinajstić information content (AvgIpc) is 3.40. The van der Waals surface area contributed by atoms with Crippen molar-refractivity contribution >= 4 is 22.1 Å². The lowest BCUT2D eigenvalue weighted by Gasteiger charge is -2.21. The zero-order valence-electron chi connectivity index (χ0n) is 23.2. The highest BCUT2D eigenvalue weighted by Crippen LogP contribution is 2.33. The fourth-order valence-corrected chi connectivity index (χ4v) is 4.47. The molecule has 0 atom stereocenters. The molecule has 14 nitrogen and oxygen atoms in total. The highest BCUT2D eigenvalue weighted by atomic mass is 32.2. The molecule has 43 heavy (non-hydrogen) atoms. The van der Waals surface area contributed by atoms with Gasteiger partial charge in [-0.25, -0.2) is 22.6 Å². The summed E-state index contributed by atoms with van der Waals surface area (Å²) in [5.41, 5.74) is 0.463. The van der Waals surface area contributed by atoms with E-state index in [-0.39, 0.29) is 21.2 Å². The van der Waals surface area contributed by atoms with E-state index in [1.165, 1.54) is 26.0 Å². The van der Waals surface area contributed by atoms with Gasteiger partial charge in [0.05, 0.1) is 34.4 Å². The van der Waals surface area contributed by atoms with Gasteiger partial charge in [0, 0.05) is 5.56 Å². The van der Waals surface area contributed by atoms with E-state index in [1.54, 1.807) is 24.3 Å². The van der Waals surface area contributed by atoms with E-state index >= 15 is 0 Å². The van der Waals surface area contributed by atoms with Gasteiger partial charge in [0.2, 0.25) is 5.28 Å². The minimum absolute atomic E-state index is 0.124. The van der Waals surface area contributed by atoms with Crippen molar-refractivity contribution in [3.8, 4) is 16.9 Å². The number of sulfonamides is 1. The van der Waals surface area contributed by atoms with Gasteiger partial charge in [-0.05, 0) is 51.1 Å².